The molecule has 7 heteroatoms. The third-order valence-corrected chi connectivity index (χ3v) is 4.38. The summed E-state index contributed by atoms with van der Waals surface area (Å²) in [6.07, 6.45) is 2.65. The molecule has 6 nitrogen and oxygen atoms in total. The molecule has 1 N–H and O–H groups in total. The van der Waals surface area contributed by atoms with Crippen LogP contribution in [-0.4, -0.2) is 20.7 Å². The van der Waals surface area contributed by atoms with Gasteiger partial charge in [-0.1, -0.05) is 41.9 Å². The molecule has 0 aliphatic carbocycles. The van der Waals surface area contributed by atoms with Crippen molar-refractivity contribution in [3.05, 3.63) is 86.2 Å². The van der Waals surface area contributed by atoms with Crippen LogP contribution in [0.1, 0.15) is 32.9 Å². The van der Waals surface area contributed by atoms with Crippen LogP contribution in [-0.2, 0) is 6.54 Å². The topological polar surface area (TPSA) is 85.3 Å². The minimum atomic E-state index is -0.884. The molecule has 2 aromatic heterocycles. The maximum absolute atomic E-state index is 12.3. The van der Waals surface area contributed by atoms with Crippen LogP contribution in [0.25, 0.3) is 6.08 Å². The molecule has 27 heavy (non-hydrogen) atoms. The van der Waals surface area contributed by atoms with Crippen LogP contribution in [0.4, 0.5) is 0 Å². The van der Waals surface area contributed by atoms with Crippen molar-refractivity contribution in [1.82, 2.24) is 9.78 Å². The van der Waals surface area contributed by atoms with Gasteiger partial charge in [0.05, 0.1) is 12.2 Å². The molecule has 3 rings (SSSR count). The molecule has 0 saturated heterocycles. The van der Waals surface area contributed by atoms with Crippen LogP contribution in [0.15, 0.2) is 51.7 Å². The Morgan fingerprint density at radius 3 is 2.67 bits per heavy atom. The zero-order valence-corrected chi connectivity index (χ0v) is 15.5. The Morgan fingerprint density at radius 2 is 2.00 bits per heavy atom. The second-order valence-electron chi connectivity index (χ2n) is 6.04. The van der Waals surface area contributed by atoms with Gasteiger partial charge < -0.3 is 9.52 Å². The van der Waals surface area contributed by atoms with Crippen molar-refractivity contribution in [2.24, 2.45) is 0 Å². The summed E-state index contributed by atoms with van der Waals surface area (Å²) < 4.78 is 6.50. The Morgan fingerprint density at radius 1 is 1.30 bits per heavy atom. The first-order valence-corrected chi connectivity index (χ1v) is 8.57. The van der Waals surface area contributed by atoms with Crippen LogP contribution < -0.4 is 5.63 Å². The summed E-state index contributed by atoms with van der Waals surface area (Å²) in [5, 5.41) is 14.6. The lowest BCUT2D eigenvalue weighted by molar-refractivity contribution is 0.104. The van der Waals surface area contributed by atoms with E-state index in [0.29, 0.717) is 23.0 Å². The fourth-order valence-corrected chi connectivity index (χ4v) is 2.98. The van der Waals surface area contributed by atoms with E-state index < -0.39 is 22.7 Å². The summed E-state index contributed by atoms with van der Waals surface area (Å²) in [5.41, 5.74) is 0.944. The number of hydrogen-bond acceptors (Lipinski definition) is 5. The SMILES string of the molecule is Cc1cc(O)c(C(=O)/C=C/c2c(C)nn(Cc3ccccc3)c2Cl)c(=O)o1. The van der Waals surface area contributed by atoms with Crippen molar-refractivity contribution in [2.45, 2.75) is 20.4 Å². The maximum atomic E-state index is 12.3. The van der Waals surface area contributed by atoms with Crippen LogP contribution in [0.3, 0.4) is 0 Å². The van der Waals surface area contributed by atoms with E-state index in [1.165, 1.54) is 25.1 Å². The monoisotopic (exact) mass is 384 g/mol. The molecule has 0 radical (unpaired) electrons. The minimum Gasteiger partial charge on any atom is -0.507 e. The van der Waals surface area contributed by atoms with E-state index in [9.17, 15) is 14.7 Å². The molecule has 3 aromatic rings. The zero-order valence-electron chi connectivity index (χ0n) is 14.8. The van der Waals surface area contributed by atoms with Gasteiger partial charge in [-0.15, -0.1) is 0 Å². The number of allylic oxidation sites excluding steroid dienone is 1. The molecule has 0 aliphatic heterocycles. The Hall–Kier alpha value is -3.12. The Kier molecular flexibility index (Phi) is 5.28. The smallest absolute Gasteiger partial charge is 0.351 e. The summed E-state index contributed by atoms with van der Waals surface area (Å²) >= 11 is 6.40. The van der Waals surface area contributed by atoms with Gasteiger partial charge in [-0.2, -0.15) is 5.10 Å². The second kappa shape index (κ2) is 7.63. The number of aryl methyl sites for hydroxylation is 2. The Labute approximate surface area is 160 Å². The van der Waals surface area contributed by atoms with Crippen molar-refractivity contribution < 1.29 is 14.3 Å². The van der Waals surface area contributed by atoms with E-state index >= 15 is 0 Å². The van der Waals surface area contributed by atoms with E-state index in [1.54, 1.807) is 11.6 Å². The largest absolute Gasteiger partial charge is 0.507 e. The average Bonchev–Trinajstić information content (AvgIpc) is 2.86. The molecule has 0 atom stereocenters. The minimum absolute atomic E-state index is 0.221. The fraction of sp³-hybridized carbons (Fsp3) is 0.150. The zero-order chi connectivity index (χ0) is 19.6. The molecular formula is C20H17ClN2O4. The van der Waals surface area contributed by atoms with Crippen LogP contribution in [0.5, 0.6) is 5.75 Å². The van der Waals surface area contributed by atoms with Crippen molar-refractivity contribution >= 4 is 23.5 Å². The highest BCUT2D eigenvalue weighted by atomic mass is 35.5. The van der Waals surface area contributed by atoms with Crippen LogP contribution >= 0.6 is 11.6 Å². The van der Waals surface area contributed by atoms with Gasteiger partial charge in [-0.25, -0.2) is 9.48 Å². The lowest BCUT2D eigenvalue weighted by atomic mass is 10.1. The van der Waals surface area contributed by atoms with E-state index in [4.69, 9.17) is 16.0 Å². The highest BCUT2D eigenvalue weighted by Crippen LogP contribution is 2.23. The molecule has 0 fully saturated rings. The molecule has 0 bridgehead atoms. The third kappa shape index (κ3) is 4.01. The second-order valence-corrected chi connectivity index (χ2v) is 6.39. The number of carbonyl (C=O) groups excluding carboxylic acids is 1. The molecule has 1 aromatic carbocycles. The fourth-order valence-electron chi connectivity index (χ4n) is 2.68. The van der Waals surface area contributed by atoms with Gasteiger partial charge in [-0.05, 0) is 31.6 Å². The van der Waals surface area contributed by atoms with Crippen molar-refractivity contribution in [1.29, 1.82) is 0 Å². The highest BCUT2D eigenvalue weighted by molar-refractivity contribution is 6.31. The quantitative estimate of drug-likeness (QED) is 0.534. The van der Waals surface area contributed by atoms with Crippen LogP contribution in [0.2, 0.25) is 5.15 Å². The van der Waals surface area contributed by atoms with Gasteiger partial charge in [0.15, 0.2) is 5.78 Å². The van der Waals surface area contributed by atoms with Gasteiger partial charge in [0.2, 0.25) is 0 Å². The lowest BCUT2D eigenvalue weighted by Crippen LogP contribution is -2.12. The maximum Gasteiger partial charge on any atom is 0.351 e. The number of nitrogens with zero attached hydrogens (tertiary/aromatic N) is 2. The summed E-state index contributed by atoms with van der Waals surface area (Å²) in [7, 11) is 0. The average molecular weight is 385 g/mol. The number of ketones is 1. The Balaban J connectivity index is 1.88. The van der Waals surface area contributed by atoms with Gasteiger partial charge in [0, 0.05) is 11.6 Å². The molecule has 0 saturated carbocycles. The molecule has 0 unspecified atom stereocenters. The summed E-state index contributed by atoms with van der Waals surface area (Å²) in [4.78, 5) is 24.1. The molecule has 0 aliphatic rings. The summed E-state index contributed by atoms with van der Waals surface area (Å²) in [5.74, 6) is -0.868. The van der Waals surface area contributed by atoms with Crippen LogP contribution in [0, 0.1) is 13.8 Å². The first-order valence-electron chi connectivity index (χ1n) is 8.19. The van der Waals surface area contributed by atoms with Gasteiger partial charge in [-0.3, -0.25) is 4.79 Å². The van der Waals surface area contributed by atoms with E-state index in [0.717, 1.165) is 5.56 Å². The molecule has 2 heterocycles. The van der Waals surface area contributed by atoms with Gasteiger partial charge in [0.25, 0.3) is 0 Å². The number of aromatic nitrogens is 2. The van der Waals surface area contributed by atoms with Gasteiger partial charge >= 0.3 is 5.63 Å². The van der Waals surface area contributed by atoms with Crippen molar-refractivity contribution in [3.63, 3.8) is 0 Å². The first-order chi connectivity index (χ1) is 12.9. The highest BCUT2D eigenvalue weighted by Gasteiger charge is 2.17. The summed E-state index contributed by atoms with van der Waals surface area (Å²) in [6.45, 7) is 3.77. The van der Waals surface area contributed by atoms with E-state index in [-0.39, 0.29) is 5.76 Å². The van der Waals surface area contributed by atoms with E-state index in [2.05, 4.69) is 5.10 Å². The number of carbonyl (C=O) groups is 1. The standard InChI is InChI=1S/C20H17ClN2O4/c1-12-10-17(25)18(20(26)27-12)16(24)9-8-15-13(2)22-23(19(15)21)11-14-6-4-3-5-7-14/h3-10,25H,11H2,1-2H3/b9-8+. The molecular weight excluding hydrogens is 368 g/mol. The van der Waals surface area contributed by atoms with Crippen molar-refractivity contribution in [3.8, 4) is 5.75 Å². The Bertz CT molecular complexity index is 1080. The molecule has 0 amide bonds. The summed E-state index contributed by atoms with van der Waals surface area (Å²) in [6, 6.07) is 10.9. The van der Waals surface area contributed by atoms with E-state index in [1.807, 2.05) is 30.3 Å². The third-order valence-electron chi connectivity index (χ3n) is 3.99. The van der Waals surface area contributed by atoms with Gasteiger partial charge in [0.1, 0.15) is 22.2 Å². The number of aromatic hydroxyl groups is 1. The van der Waals surface area contributed by atoms with Crippen molar-refractivity contribution in [2.75, 3.05) is 0 Å². The number of benzene rings is 1. The predicted octanol–water partition coefficient (Wildman–Crippen LogP) is 3.76. The predicted molar refractivity (Wildman–Crippen MR) is 102 cm³/mol. The first kappa shape index (κ1) is 18.7. The molecule has 0 spiro atoms. The lowest BCUT2D eigenvalue weighted by Gasteiger charge is -2.03. The molecule has 138 valence electrons. The number of hydrogen-bond donors (Lipinski definition) is 1. The number of halogens is 1. The number of rotatable bonds is 5. The normalized spacial score (nSPS) is 11.2.